The van der Waals surface area contributed by atoms with Gasteiger partial charge in [0, 0.05) is 17.4 Å². The van der Waals surface area contributed by atoms with Crippen LogP contribution in [0.1, 0.15) is 18.2 Å². The van der Waals surface area contributed by atoms with Crippen LogP contribution in [0.15, 0.2) is 47.0 Å². The van der Waals surface area contributed by atoms with E-state index >= 15 is 0 Å². The monoisotopic (exact) mass is 463 g/mol. The van der Waals surface area contributed by atoms with Crippen LogP contribution in [0.5, 0.6) is 0 Å². The Morgan fingerprint density at radius 1 is 1.37 bits per heavy atom. The van der Waals surface area contributed by atoms with Crippen molar-refractivity contribution in [1.82, 2.24) is 14.8 Å². The lowest BCUT2D eigenvalue weighted by atomic mass is 10.1. The molecule has 1 atom stereocenters. The Morgan fingerprint density at radius 2 is 2.17 bits per heavy atom. The van der Waals surface area contributed by atoms with Crippen LogP contribution in [0.2, 0.25) is 0 Å². The number of rotatable bonds is 9. The third-order valence-electron chi connectivity index (χ3n) is 4.44. The van der Waals surface area contributed by atoms with Crippen molar-refractivity contribution in [2.75, 3.05) is 28.3 Å². The molecule has 0 spiro atoms. The molecule has 0 aliphatic carbocycles. The third kappa shape index (κ3) is 5.65. The molecular weight excluding hydrogens is 442 g/mol. The maximum Gasteiger partial charge on any atom is 0.234 e. The molecule has 1 saturated heterocycles. The average Bonchev–Trinajstić information content (AvgIpc) is 3.28. The highest BCUT2D eigenvalue weighted by atomic mass is 32.2. The Balaban J connectivity index is 1.67. The van der Waals surface area contributed by atoms with Gasteiger partial charge in [-0.05, 0) is 18.6 Å². The lowest BCUT2D eigenvalue weighted by Crippen LogP contribution is -2.16. The van der Waals surface area contributed by atoms with E-state index in [4.69, 9.17) is 5.26 Å². The predicted octanol–water partition coefficient (Wildman–Crippen LogP) is 2.71. The van der Waals surface area contributed by atoms with Crippen LogP contribution in [0, 0.1) is 11.3 Å². The Labute approximate surface area is 184 Å². The van der Waals surface area contributed by atoms with E-state index in [2.05, 4.69) is 28.2 Å². The van der Waals surface area contributed by atoms with Gasteiger partial charge in [-0.2, -0.15) is 5.26 Å². The Morgan fingerprint density at radius 3 is 2.87 bits per heavy atom. The fourth-order valence-electron chi connectivity index (χ4n) is 3.13. The SMILES string of the molecule is C=CCn1c(SCC(=O)Nc2ccccc2SCC#N)nnc1C1CCS(=O)(=O)C1. The maximum absolute atomic E-state index is 12.5. The van der Waals surface area contributed by atoms with Gasteiger partial charge in [-0.1, -0.05) is 30.0 Å². The van der Waals surface area contributed by atoms with Gasteiger partial charge in [0.2, 0.25) is 5.91 Å². The molecule has 1 fully saturated rings. The van der Waals surface area contributed by atoms with E-state index in [-0.39, 0.29) is 29.1 Å². The highest BCUT2D eigenvalue weighted by molar-refractivity contribution is 8.00. The summed E-state index contributed by atoms with van der Waals surface area (Å²) in [6.45, 7) is 4.19. The van der Waals surface area contributed by atoms with E-state index in [9.17, 15) is 13.2 Å². The number of nitrogens with one attached hydrogen (secondary N) is 1. The number of sulfone groups is 1. The minimum Gasteiger partial charge on any atom is -0.324 e. The summed E-state index contributed by atoms with van der Waals surface area (Å²) in [7, 11) is -3.04. The maximum atomic E-state index is 12.5. The van der Waals surface area contributed by atoms with Crippen LogP contribution >= 0.6 is 23.5 Å². The zero-order chi connectivity index (χ0) is 21.6. The Hall–Kier alpha value is -2.29. The summed E-state index contributed by atoms with van der Waals surface area (Å²) in [6, 6.07) is 9.40. The normalized spacial score (nSPS) is 17.4. The van der Waals surface area contributed by atoms with E-state index in [1.54, 1.807) is 12.1 Å². The lowest BCUT2D eigenvalue weighted by Gasteiger charge is -2.12. The first-order chi connectivity index (χ1) is 14.4. The molecule has 1 aliphatic heterocycles. The number of hydrogen-bond acceptors (Lipinski definition) is 8. The van der Waals surface area contributed by atoms with Crippen molar-refractivity contribution in [3.8, 4) is 6.07 Å². The van der Waals surface area contributed by atoms with E-state index in [1.165, 1.54) is 23.5 Å². The van der Waals surface area contributed by atoms with Crippen LogP contribution in [-0.2, 0) is 21.2 Å². The highest BCUT2D eigenvalue weighted by Crippen LogP contribution is 2.30. The van der Waals surface area contributed by atoms with Crippen LogP contribution in [0.4, 0.5) is 5.69 Å². The standard InChI is InChI=1S/C19H21N5O3S3/c1-2-9-24-18(14-7-11-30(26,27)13-14)22-23-19(24)29-12-17(25)21-15-5-3-4-6-16(15)28-10-8-20/h2-6,14H,1,7,9-13H2,(H,21,25). The fraction of sp³-hybridized carbons (Fsp3) is 0.368. The molecule has 0 saturated carbocycles. The second-order valence-corrected chi connectivity index (χ2v) is 10.8. The van der Waals surface area contributed by atoms with E-state index in [0.717, 1.165) is 4.90 Å². The molecule has 0 radical (unpaired) electrons. The van der Waals surface area contributed by atoms with Crippen molar-refractivity contribution in [3.05, 3.63) is 42.7 Å². The summed E-state index contributed by atoms with van der Waals surface area (Å²) in [5.41, 5.74) is 0.660. The first-order valence-corrected chi connectivity index (χ1v) is 13.0. The lowest BCUT2D eigenvalue weighted by molar-refractivity contribution is -0.113. The number of carbonyl (C=O) groups is 1. The molecular formula is C19H21N5O3S3. The molecule has 2 aromatic rings. The highest BCUT2D eigenvalue weighted by Gasteiger charge is 2.33. The third-order valence-corrected chi connectivity index (χ3v) is 8.12. The second-order valence-electron chi connectivity index (χ2n) is 6.62. The molecule has 8 nitrogen and oxygen atoms in total. The molecule has 11 heteroatoms. The average molecular weight is 464 g/mol. The molecule has 1 aromatic carbocycles. The molecule has 3 rings (SSSR count). The molecule has 0 bridgehead atoms. The zero-order valence-corrected chi connectivity index (χ0v) is 18.6. The van der Waals surface area contributed by atoms with Gasteiger partial charge in [-0.25, -0.2) is 8.42 Å². The Bertz CT molecular complexity index is 1080. The summed E-state index contributed by atoms with van der Waals surface area (Å²) >= 11 is 2.60. The molecule has 1 aliphatic rings. The van der Waals surface area contributed by atoms with Crippen molar-refractivity contribution in [1.29, 1.82) is 5.26 Å². The number of anilines is 1. The summed E-state index contributed by atoms with van der Waals surface area (Å²) in [5.74, 6) is 0.883. The van der Waals surface area contributed by atoms with Gasteiger partial charge in [0.05, 0.1) is 34.8 Å². The number of nitrogens with zero attached hydrogens (tertiary/aromatic N) is 4. The van der Waals surface area contributed by atoms with Gasteiger partial charge >= 0.3 is 0 Å². The summed E-state index contributed by atoms with van der Waals surface area (Å²) < 4.78 is 25.5. The minimum atomic E-state index is -3.04. The molecule has 1 N–H and O–H groups in total. The molecule has 30 heavy (non-hydrogen) atoms. The predicted molar refractivity (Wildman–Crippen MR) is 118 cm³/mol. The number of aromatic nitrogens is 3. The number of thioether (sulfide) groups is 2. The summed E-state index contributed by atoms with van der Waals surface area (Å²) in [4.78, 5) is 13.3. The quantitative estimate of drug-likeness (QED) is 0.445. The first kappa shape index (κ1) is 22.4. The van der Waals surface area contributed by atoms with Crippen molar-refractivity contribution < 1.29 is 13.2 Å². The second kappa shape index (κ2) is 10.1. The van der Waals surface area contributed by atoms with Gasteiger partial charge in [0.15, 0.2) is 15.0 Å². The van der Waals surface area contributed by atoms with Crippen molar-refractivity contribution in [2.45, 2.75) is 28.9 Å². The number of amides is 1. The molecule has 1 unspecified atom stereocenters. The van der Waals surface area contributed by atoms with Gasteiger partial charge in [0.25, 0.3) is 0 Å². The number of para-hydroxylation sites is 1. The topological polar surface area (TPSA) is 118 Å². The number of nitriles is 1. The molecule has 1 aromatic heterocycles. The first-order valence-electron chi connectivity index (χ1n) is 9.19. The van der Waals surface area contributed by atoms with E-state index < -0.39 is 9.84 Å². The van der Waals surface area contributed by atoms with Crippen LogP contribution in [-0.4, -0.2) is 52.1 Å². The number of allylic oxidation sites excluding steroid dienone is 1. The number of benzene rings is 1. The van der Waals surface area contributed by atoms with Crippen molar-refractivity contribution in [3.63, 3.8) is 0 Å². The van der Waals surface area contributed by atoms with Crippen LogP contribution in [0.3, 0.4) is 0 Å². The van der Waals surface area contributed by atoms with Gasteiger partial charge in [0.1, 0.15) is 5.82 Å². The van der Waals surface area contributed by atoms with Crippen LogP contribution < -0.4 is 5.32 Å². The largest absolute Gasteiger partial charge is 0.324 e. The summed E-state index contributed by atoms with van der Waals surface area (Å²) in [5, 5.41) is 20.6. The van der Waals surface area contributed by atoms with Gasteiger partial charge in [-0.15, -0.1) is 28.5 Å². The Kier molecular flexibility index (Phi) is 7.58. The van der Waals surface area contributed by atoms with Gasteiger partial charge in [-0.3, -0.25) is 4.79 Å². The fourth-order valence-corrected chi connectivity index (χ4v) is 6.29. The number of hydrogen-bond donors (Lipinski definition) is 1. The smallest absolute Gasteiger partial charge is 0.234 e. The summed E-state index contributed by atoms with van der Waals surface area (Å²) in [6.07, 6.45) is 2.23. The van der Waals surface area contributed by atoms with Crippen molar-refractivity contribution in [2.24, 2.45) is 0 Å². The van der Waals surface area contributed by atoms with E-state index in [0.29, 0.717) is 35.4 Å². The number of carbonyl (C=O) groups excluding carboxylic acids is 1. The zero-order valence-electron chi connectivity index (χ0n) is 16.2. The molecule has 2 heterocycles. The molecule has 158 valence electrons. The van der Waals surface area contributed by atoms with Gasteiger partial charge < -0.3 is 9.88 Å². The van der Waals surface area contributed by atoms with E-state index in [1.807, 2.05) is 22.8 Å². The van der Waals surface area contributed by atoms with Crippen LogP contribution in [0.25, 0.3) is 0 Å². The molecule has 1 amide bonds. The van der Waals surface area contributed by atoms with Crippen molar-refractivity contribution >= 4 is 45.0 Å². The minimum absolute atomic E-state index is 0.0740.